The molecular formula is C45H60ClN11O9S. The van der Waals surface area contributed by atoms with Crippen molar-refractivity contribution in [2.24, 2.45) is 11.5 Å². The van der Waals surface area contributed by atoms with Crippen LogP contribution in [-0.2, 0) is 33.4 Å². The van der Waals surface area contributed by atoms with Crippen LogP contribution in [-0.4, -0.2) is 121 Å². The van der Waals surface area contributed by atoms with Crippen molar-refractivity contribution < 1.29 is 43.0 Å². The second-order valence-corrected chi connectivity index (χ2v) is 17.3. The lowest BCUT2D eigenvalue weighted by molar-refractivity contribution is -0.121. The summed E-state index contributed by atoms with van der Waals surface area (Å²) >= 11 is 8.32. The van der Waals surface area contributed by atoms with Gasteiger partial charge in [0.25, 0.3) is 0 Å². The van der Waals surface area contributed by atoms with E-state index in [1.165, 1.54) is 23.2 Å². The lowest BCUT2D eigenvalue weighted by atomic mass is 10.0. The summed E-state index contributed by atoms with van der Waals surface area (Å²) in [6, 6.07) is 11.9. The van der Waals surface area contributed by atoms with Crippen LogP contribution in [0.5, 0.6) is 0 Å². The van der Waals surface area contributed by atoms with Gasteiger partial charge in [-0.05, 0) is 68.5 Å². The van der Waals surface area contributed by atoms with E-state index >= 15 is 0 Å². The second kappa shape index (κ2) is 27.6. The van der Waals surface area contributed by atoms with Crippen molar-refractivity contribution in [3.05, 3.63) is 71.9 Å². The van der Waals surface area contributed by atoms with Crippen molar-refractivity contribution in [2.45, 2.75) is 75.1 Å². The number of urea groups is 1. The summed E-state index contributed by atoms with van der Waals surface area (Å²) in [5.74, 6) is -0.718. The van der Waals surface area contributed by atoms with Gasteiger partial charge in [0.1, 0.15) is 5.02 Å². The zero-order chi connectivity index (χ0) is 48.0. The Kier molecular flexibility index (Phi) is 21.4. The fourth-order valence-corrected chi connectivity index (χ4v) is 8.90. The molecule has 2 aliphatic heterocycles. The number of primary amides is 2. The molecule has 3 atom stereocenters. The Morgan fingerprint density at radius 1 is 0.881 bits per heavy atom. The molecule has 10 N–H and O–H groups in total. The maximum Gasteiger partial charge on any atom is 0.315 e. The lowest BCUT2D eigenvalue weighted by Crippen LogP contribution is -2.36. The van der Waals surface area contributed by atoms with Gasteiger partial charge in [0.15, 0.2) is 5.82 Å². The normalized spacial score (nSPS) is 16.0. The Morgan fingerprint density at radius 3 is 2.34 bits per heavy atom. The van der Waals surface area contributed by atoms with Gasteiger partial charge in [-0.15, -0.1) is 0 Å². The van der Waals surface area contributed by atoms with Crippen LogP contribution < -0.4 is 48.3 Å². The molecule has 2 fully saturated rings. The number of aromatic nitrogens is 2. The minimum absolute atomic E-state index is 0.0191. The monoisotopic (exact) mass is 965 g/mol. The molecule has 0 bridgehead atoms. The molecule has 3 aromatic rings. The van der Waals surface area contributed by atoms with Gasteiger partial charge >= 0.3 is 6.03 Å². The number of hydrogen-bond donors (Lipinski definition) is 8. The van der Waals surface area contributed by atoms with Crippen molar-refractivity contribution >= 4 is 93.4 Å². The molecule has 0 aliphatic carbocycles. The number of nitrogens with zero attached hydrogens (tertiary/aromatic N) is 3. The number of hydrogen-bond acceptors (Lipinski definition) is 14. The minimum Gasteiger partial charge on any atom is -0.379 e. The van der Waals surface area contributed by atoms with Crippen molar-refractivity contribution in [3.8, 4) is 0 Å². The Morgan fingerprint density at radius 2 is 1.61 bits per heavy atom. The molecule has 2 aliphatic rings. The van der Waals surface area contributed by atoms with Gasteiger partial charge in [0.2, 0.25) is 35.5 Å². The molecule has 362 valence electrons. The molecule has 0 radical (unpaired) electrons. The Hall–Kier alpha value is -6.00. The minimum atomic E-state index is -0.739. The first kappa shape index (κ1) is 52.0. The van der Waals surface area contributed by atoms with Crippen LogP contribution in [0, 0.1) is 0 Å². The van der Waals surface area contributed by atoms with Crippen LogP contribution in [0.2, 0.25) is 5.02 Å². The summed E-state index contributed by atoms with van der Waals surface area (Å²) in [6.07, 6.45) is 7.12. The maximum absolute atomic E-state index is 13.6. The molecule has 20 nitrogen and oxygen atoms in total. The molecule has 2 aromatic carbocycles. The average Bonchev–Trinajstić information content (AvgIpc) is 3.86. The van der Waals surface area contributed by atoms with Crippen LogP contribution in [0.25, 0.3) is 0 Å². The second-order valence-electron chi connectivity index (χ2n) is 15.6. The summed E-state index contributed by atoms with van der Waals surface area (Å²) < 4.78 is 17.0. The smallest absolute Gasteiger partial charge is 0.315 e. The lowest BCUT2D eigenvalue weighted by Gasteiger charge is -2.24. The predicted octanol–water partition coefficient (Wildman–Crippen LogP) is 4.50. The molecular weight excluding hydrogens is 906 g/mol. The zero-order valence-corrected chi connectivity index (χ0v) is 38.9. The summed E-state index contributed by atoms with van der Waals surface area (Å²) in [5.41, 5.74) is 12.8. The fraction of sp³-hybridized carbons (Fsp3) is 0.467. The van der Waals surface area contributed by atoms with Crippen molar-refractivity contribution in [2.75, 3.05) is 79.3 Å². The highest BCUT2D eigenvalue weighted by Crippen LogP contribution is 2.34. The number of halogens is 1. The molecule has 5 rings (SSSR count). The van der Waals surface area contributed by atoms with Crippen LogP contribution in [0.4, 0.5) is 39.3 Å². The summed E-state index contributed by atoms with van der Waals surface area (Å²) in [7, 11) is 0. The van der Waals surface area contributed by atoms with Crippen molar-refractivity contribution in [1.29, 1.82) is 0 Å². The van der Waals surface area contributed by atoms with E-state index in [2.05, 4.69) is 48.4 Å². The molecule has 22 heteroatoms. The quantitative estimate of drug-likeness (QED) is 0.0251. The number of unbranched alkanes of at least 4 members (excludes halogenated alkanes) is 1. The van der Waals surface area contributed by atoms with E-state index in [-0.39, 0.29) is 78.1 Å². The van der Waals surface area contributed by atoms with E-state index in [0.29, 0.717) is 93.4 Å². The number of nitrogens with two attached hydrogens (primary N) is 2. The number of anilines is 6. The third kappa shape index (κ3) is 17.6. The van der Waals surface area contributed by atoms with Gasteiger partial charge in [-0.25, -0.2) is 9.78 Å². The van der Waals surface area contributed by atoms with Gasteiger partial charge in [0.05, 0.1) is 56.1 Å². The highest BCUT2D eigenvalue weighted by molar-refractivity contribution is 8.00. The number of benzene rings is 2. The average molecular weight is 967 g/mol. The van der Waals surface area contributed by atoms with E-state index in [9.17, 15) is 28.8 Å². The van der Waals surface area contributed by atoms with Gasteiger partial charge in [-0.3, -0.25) is 24.0 Å². The van der Waals surface area contributed by atoms with Crippen LogP contribution in [0.15, 0.2) is 61.3 Å². The first-order valence-corrected chi connectivity index (χ1v) is 23.6. The number of carbonyl (C=O) groups excluding carboxylic acids is 6. The van der Waals surface area contributed by atoms with Gasteiger partial charge < -0.3 is 62.5 Å². The Balaban J connectivity index is 1.02. The first-order valence-electron chi connectivity index (χ1n) is 22.2. The highest BCUT2D eigenvalue weighted by atomic mass is 35.5. The SMILES string of the molecule is C=CC(=O)Nc1ccccc1Nc1nc(Nc2cc(C(N)=O)cc(N(CCCOCCOCCOCCCNC(=O)CCCC[C@@H]3SC[C@@H]4NC(=O)N[C@@H]43)C(=O)CCCC(N)=O)c2)ncc1Cl. The van der Waals surface area contributed by atoms with Crippen molar-refractivity contribution in [1.82, 2.24) is 25.9 Å². The summed E-state index contributed by atoms with van der Waals surface area (Å²) in [5, 5.41) is 18.3. The number of para-hydroxylation sites is 2. The number of fused-ring (bicyclic) bond motifs is 1. The number of nitrogens with one attached hydrogen (secondary N) is 6. The van der Waals surface area contributed by atoms with Crippen LogP contribution in [0.3, 0.4) is 0 Å². The molecule has 2 saturated heterocycles. The predicted molar refractivity (Wildman–Crippen MR) is 258 cm³/mol. The maximum atomic E-state index is 13.6. The van der Waals surface area contributed by atoms with Crippen molar-refractivity contribution in [3.63, 3.8) is 0 Å². The fourth-order valence-electron chi connectivity index (χ4n) is 7.22. The zero-order valence-electron chi connectivity index (χ0n) is 37.3. The molecule has 0 spiro atoms. The van der Waals surface area contributed by atoms with Gasteiger partial charge in [0, 0.05) is 73.5 Å². The van der Waals surface area contributed by atoms with E-state index < -0.39 is 17.7 Å². The number of carbonyl (C=O) groups is 6. The van der Waals surface area contributed by atoms with Crippen LogP contribution >= 0.6 is 23.4 Å². The van der Waals surface area contributed by atoms with E-state index in [4.69, 9.17) is 37.3 Å². The molecule has 67 heavy (non-hydrogen) atoms. The summed E-state index contributed by atoms with van der Waals surface area (Å²) in [4.78, 5) is 83.6. The number of amides is 7. The van der Waals surface area contributed by atoms with Gasteiger partial charge in [-0.2, -0.15) is 16.7 Å². The molecule has 0 unspecified atom stereocenters. The highest BCUT2D eigenvalue weighted by Gasteiger charge is 2.42. The first-order chi connectivity index (χ1) is 32.4. The third-order valence-electron chi connectivity index (χ3n) is 10.5. The Bertz CT molecular complexity index is 2190. The van der Waals surface area contributed by atoms with Gasteiger partial charge in [-0.1, -0.05) is 36.7 Å². The van der Waals surface area contributed by atoms with E-state index in [0.717, 1.165) is 31.1 Å². The standard InChI is InChI=1S/C45H60ClN11O9S/c1-2-38(59)52-33-10-3-4-11-34(33)53-43-32(46)27-50-44(56-43)51-30-24-29(42(48)62)25-31(26-30)57(40(61)15-7-13-37(47)58)17-9-19-65-21-23-66-22-20-64-18-8-16-49-39(60)14-6-5-12-36-41-35(28-67-36)54-45(63)55-41/h2-4,10-11,24-27,35-36,41H,1,5-9,12-23,28H2,(H2,47,58)(H2,48,62)(H,49,60)(H,52,59)(H2,54,55,63)(H2,50,51,53,56)/t35-,36-,41-/m0/s1. The van der Waals surface area contributed by atoms with Crippen LogP contribution in [0.1, 0.15) is 68.1 Å². The molecule has 0 saturated carbocycles. The van der Waals surface area contributed by atoms with E-state index in [1.807, 2.05) is 11.8 Å². The Labute approximate surface area is 398 Å². The molecule has 1 aromatic heterocycles. The largest absolute Gasteiger partial charge is 0.379 e. The number of rotatable bonds is 31. The number of thioether (sulfide) groups is 1. The molecule has 7 amide bonds. The summed E-state index contributed by atoms with van der Waals surface area (Å²) in [6.45, 7) is 6.43. The number of ether oxygens (including phenoxy) is 3. The molecule has 3 heterocycles. The third-order valence-corrected chi connectivity index (χ3v) is 12.3. The van der Waals surface area contributed by atoms with E-state index in [1.54, 1.807) is 30.3 Å². The topological polar surface area (TPSA) is 283 Å².